The maximum absolute atomic E-state index is 11.5. The van der Waals surface area contributed by atoms with Crippen molar-refractivity contribution >= 4 is 21.5 Å². The van der Waals surface area contributed by atoms with E-state index < -0.39 is 22.2 Å². The quantitative estimate of drug-likeness (QED) is 0.769. The Labute approximate surface area is 125 Å². The van der Waals surface area contributed by atoms with Crippen LogP contribution < -0.4 is 5.48 Å². The van der Waals surface area contributed by atoms with Crippen molar-refractivity contribution in [2.45, 2.75) is 19.3 Å². The molecule has 1 rings (SSSR count). The molecule has 0 atom stereocenters. The van der Waals surface area contributed by atoms with Gasteiger partial charge < -0.3 is 0 Å². The topological polar surface area (TPSA) is 84.8 Å². The van der Waals surface area contributed by atoms with Crippen LogP contribution in [0, 0.1) is 0 Å². The minimum atomic E-state index is -2.49. The Morgan fingerprint density at radius 2 is 1.90 bits per heavy atom. The fraction of sp³-hybridized carbons (Fsp3) is 0.429. The maximum Gasteiger partial charge on any atom is 0.282 e. The van der Waals surface area contributed by atoms with Crippen LogP contribution in [0.25, 0.3) is 0 Å². The van der Waals surface area contributed by atoms with Gasteiger partial charge in [-0.05, 0) is 18.4 Å². The fourth-order valence-electron chi connectivity index (χ4n) is 1.60. The van der Waals surface area contributed by atoms with Gasteiger partial charge in [0.25, 0.3) is 5.91 Å². The van der Waals surface area contributed by atoms with E-state index in [4.69, 9.17) is 4.84 Å². The van der Waals surface area contributed by atoms with Gasteiger partial charge in [-0.25, -0.2) is 9.69 Å². The Balaban J connectivity index is 2.17. The van der Waals surface area contributed by atoms with Crippen molar-refractivity contribution < 1.29 is 18.6 Å². The number of benzene rings is 1. The number of carbonyl (C=O) groups excluding carboxylic acids is 2. The van der Waals surface area contributed by atoms with Crippen LogP contribution in [0.3, 0.4) is 0 Å². The third kappa shape index (κ3) is 8.93. The molecule has 2 amide bonds. The summed E-state index contributed by atoms with van der Waals surface area (Å²) in [5.41, 5.74) is 3.34. The molecular weight excluding hydrogens is 292 g/mol. The van der Waals surface area contributed by atoms with Gasteiger partial charge in [-0.2, -0.15) is 4.36 Å². The monoisotopic (exact) mass is 312 g/mol. The van der Waals surface area contributed by atoms with Crippen molar-refractivity contribution in [2.75, 3.05) is 19.1 Å². The summed E-state index contributed by atoms with van der Waals surface area (Å²) >= 11 is 0. The molecule has 116 valence electrons. The summed E-state index contributed by atoms with van der Waals surface area (Å²) in [5.74, 6) is -0.956. The van der Waals surface area contributed by atoms with E-state index in [1.165, 1.54) is 18.1 Å². The van der Waals surface area contributed by atoms with E-state index in [0.717, 1.165) is 6.42 Å². The van der Waals surface area contributed by atoms with Crippen molar-refractivity contribution in [2.24, 2.45) is 4.36 Å². The molecule has 0 aliphatic carbocycles. The third-order valence-electron chi connectivity index (χ3n) is 2.42. The largest absolute Gasteiger partial charge is 0.282 e. The molecule has 0 aliphatic heterocycles. The smallest absolute Gasteiger partial charge is 0.273 e. The summed E-state index contributed by atoms with van der Waals surface area (Å²) in [6.45, 7) is -0.414. The van der Waals surface area contributed by atoms with E-state index in [0.29, 0.717) is 12.8 Å². The molecule has 0 radical (unpaired) electrons. The normalized spacial score (nSPS) is 11.0. The molecule has 1 N–H and O–H groups in total. The molecule has 0 unspecified atom stereocenters. The average molecular weight is 312 g/mol. The maximum atomic E-state index is 11.5. The molecule has 0 aromatic heterocycles. The van der Waals surface area contributed by atoms with Gasteiger partial charge in [0.15, 0.2) is 6.61 Å². The van der Waals surface area contributed by atoms with Crippen molar-refractivity contribution in [1.29, 1.82) is 0 Å². The minimum Gasteiger partial charge on any atom is -0.273 e. The molecule has 0 aliphatic rings. The highest BCUT2D eigenvalue weighted by atomic mass is 32.2. The lowest BCUT2D eigenvalue weighted by Crippen LogP contribution is -2.26. The second-order valence-corrected chi connectivity index (χ2v) is 7.36. The summed E-state index contributed by atoms with van der Waals surface area (Å²) in [7, 11) is -2.49. The zero-order valence-electron chi connectivity index (χ0n) is 12.2. The van der Waals surface area contributed by atoms with Gasteiger partial charge in [-0.3, -0.25) is 14.4 Å². The van der Waals surface area contributed by atoms with Crippen LogP contribution >= 0.6 is 0 Å². The average Bonchev–Trinajstić information content (AvgIpc) is 2.38. The lowest BCUT2D eigenvalue weighted by atomic mass is 10.1. The molecular formula is C14H20N2O4S. The SMILES string of the molecule is CS(C)(=O)=NC(=O)CONC(=O)CCCc1ccccc1. The van der Waals surface area contributed by atoms with Crippen molar-refractivity contribution in [3.05, 3.63) is 35.9 Å². The molecule has 0 bridgehead atoms. The highest BCUT2D eigenvalue weighted by Crippen LogP contribution is 2.04. The lowest BCUT2D eigenvalue weighted by molar-refractivity contribution is -0.137. The molecule has 1 aromatic rings. The van der Waals surface area contributed by atoms with E-state index in [1.54, 1.807) is 0 Å². The number of nitrogens with one attached hydrogen (secondary N) is 1. The Morgan fingerprint density at radius 1 is 1.24 bits per heavy atom. The zero-order valence-corrected chi connectivity index (χ0v) is 13.0. The summed E-state index contributed by atoms with van der Waals surface area (Å²) in [6.07, 6.45) is 4.50. The Bertz CT molecular complexity index is 584. The van der Waals surface area contributed by atoms with Crippen LogP contribution in [0.4, 0.5) is 0 Å². The highest BCUT2D eigenvalue weighted by molar-refractivity contribution is 7.92. The van der Waals surface area contributed by atoms with Gasteiger partial charge in [0.05, 0.1) is 0 Å². The molecule has 7 heteroatoms. The number of hydrogen-bond acceptors (Lipinski definition) is 4. The number of hydroxylamine groups is 1. The Kier molecular flexibility index (Phi) is 7.04. The molecule has 1 aromatic carbocycles. The predicted molar refractivity (Wildman–Crippen MR) is 80.9 cm³/mol. The summed E-state index contributed by atoms with van der Waals surface area (Å²) in [6, 6.07) is 9.85. The Hall–Kier alpha value is -1.73. The second-order valence-electron chi connectivity index (χ2n) is 4.82. The van der Waals surface area contributed by atoms with Crippen LogP contribution in [0.15, 0.2) is 34.7 Å². The van der Waals surface area contributed by atoms with Crippen molar-refractivity contribution in [3.63, 3.8) is 0 Å². The van der Waals surface area contributed by atoms with E-state index >= 15 is 0 Å². The number of aryl methyl sites for hydroxylation is 1. The molecule has 21 heavy (non-hydrogen) atoms. The molecule has 0 spiro atoms. The number of nitrogens with zero attached hydrogens (tertiary/aromatic N) is 1. The number of hydrogen-bond donors (Lipinski definition) is 1. The van der Waals surface area contributed by atoms with Gasteiger partial charge >= 0.3 is 0 Å². The van der Waals surface area contributed by atoms with Crippen molar-refractivity contribution in [3.8, 4) is 0 Å². The molecule has 0 heterocycles. The standard InChI is InChI=1S/C14H20N2O4S/c1-21(2,19)16-14(18)11-20-15-13(17)10-6-9-12-7-4-3-5-8-12/h3-5,7-8H,6,9-11H2,1-2H3,(H,15,17). The van der Waals surface area contributed by atoms with Gasteiger partial charge in [0.1, 0.15) is 0 Å². The van der Waals surface area contributed by atoms with Gasteiger partial charge in [-0.1, -0.05) is 30.3 Å². The first kappa shape index (κ1) is 17.3. The fourth-order valence-corrected chi connectivity index (χ4v) is 2.14. The third-order valence-corrected chi connectivity index (χ3v) is 3.06. The molecule has 6 nitrogen and oxygen atoms in total. The predicted octanol–water partition coefficient (Wildman–Crippen LogP) is 1.31. The molecule has 0 fully saturated rings. The van der Waals surface area contributed by atoms with Crippen LogP contribution in [0.2, 0.25) is 0 Å². The van der Waals surface area contributed by atoms with Crippen LogP contribution in [0.5, 0.6) is 0 Å². The van der Waals surface area contributed by atoms with Crippen molar-refractivity contribution in [1.82, 2.24) is 5.48 Å². The van der Waals surface area contributed by atoms with E-state index in [1.807, 2.05) is 30.3 Å². The van der Waals surface area contributed by atoms with Gasteiger partial charge in [0.2, 0.25) is 5.91 Å². The van der Waals surface area contributed by atoms with Crippen LogP contribution in [-0.2, 0) is 30.6 Å². The number of amides is 2. The summed E-state index contributed by atoms with van der Waals surface area (Å²) < 4.78 is 14.7. The minimum absolute atomic E-state index is 0.299. The first-order valence-electron chi connectivity index (χ1n) is 6.51. The Morgan fingerprint density at radius 3 is 2.52 bits per heavy atom. The number of carbonyl (C=O) groups is 2. The van der Waals surface area contributed by atoms with E-state index in [-0.39, 0.29) is 5.91 Å². The molecule has 0 saturated carbocycles. The van der Waals surface area contributed by atoms with Gasteiger partial charge in [0, 0.05) is 28.7 Å². The van der Waals surface area contributed by atoms with Crippen LogP contribution in [-0.4, -0.2) is 35.1 Å². The lowest BCUT2D eigenvalue weighted by Gasteiger charge is -2.04. The summed E-state index contributed by atoms with van der Waals surface area (Å²) in [5, 5.41) is 0. The first-order valence-corrected chi connectivity index (χ1v) is 8.84. The second kappa shape index (κ2) is 8.53. The summed E-state index contributed by atoms with van der Waals surface area (Å²) in [4.78, 5) is 27.4. The van der Waals surface area contributed by atoms with Gasteiger partial charge in [-0.15, -0.1) is 0 Å². The highest BCUT2D eigenvalue weighted by Gasteiger charge is 2.05. The van der Waals surface area contributed by atoms with E-state index in [2.05, 4.69) is 9.84 Å². The van der Waals surface area contributed by atoms with E-state index in [9.17, 15) is 13.8 Å². The zero-order chi connectivity index (χ0) is 15.7. The number of rotatable bonds is 7. The first-order chi connectivity index (χ1) is 9.87. The van der Waals surface area contributed by atoms with Crippen LogP contribution in [0.1, 0.15) is 18.4 Å². The molecule has 0 saturated heterocycles.